The van der Waals surface area contributed by atoms with Crippen molar-refractivity contribution in [2.24, 2.45) is 0 Å². The summed E-state index contributed by atoms with van der Waals surface area (Å²) in [6.45, 7) is 3.96. The van der Waals surface area contributed by atoms with Crippen LogP contribution in [0.2, 0.25) is 5.02 Å². The van der Waals surface area contributed by atoms with Crippen LogP contribution in [0.1, 0.15) is 17.3 Å². The van der Waals surface area contributed by atoms with Crippen LogP contribution >= 0.6 is 11.6 Å². The standard InChI is InChI=1S/C28H24ClN3O4/c1-18(33)31-12-14-32(15-13-31)26-23(29)9-5-10-24(26)30-27(34)21-8-4-7-19(16-21)22-17-20-6-2-3-11-25(20)36-28(22)35/h2-11,16-17H,12-15H2,1H3,(H,30,34). The summed E-state index contributed by atoms with van der Waals surface area (Å²) < 4.78 is 5.46. The van der Waals surface area contributed by atoms with E-state index in [-0.39, 0.29) is 11.8 Å². The molecule has 4 aromatic rings. The molecule has 0 unspecified atom stereocenters. The molecule has 0 aliphatic carbocycles. The van der Waals surface area contributed by atoms with Crippen molar-refractivity contribution in [1.82, 2.24) is 4.90 Å². The number of nitrogens with one attached hydrogen (secondary N) is 1. The van der Waals surface area contributed by atoms with Gasteiger partial charge in [0.25, 0.3) is 5.91 Å². The second-order valence-corrected chi connectivity index (χ2v) is 9.06. The van der Waals surface area contributed by atoms with Gasteiger partial charge in [-0.05, 0) is 42.0 Å². The minimum absolute atomic E-state index is 0.0441. The third-order valence-corrected chi connectivity index (χ3v) is 6.66. The number of carbonyl (C=O) groups is 2. The van der Waals surface area contributed by atoms with Crippen molar-refractivity contribution in [3.63, 3.8) is 0 Å². The Bertz CT molecular complexity index is 1520. The molecule has 5 rings (SSSR count). The van der Waals surface area contributed by atoms with Crippen molar-refractivity contribution in [1.29, 1.82) is 0 Å². The molecule has 1 saturated heterocycles. The molecular weight excluding hydrogens is 478 g/mol. The van der Waals surface area contributed by atoms with Crippen molar-refractivity contribution in [3.8, 4) is 11.1 Å². The minimum Gasteiger partial charge on any atom is -0.422 e. The molecule has 1 aliphatic rings. The highest BCUT2D eigenvalue weighted by Crippen LogP contribution is 2.35. The lowest BCUT2D eigenvalue weighted by atomic mass is 10.0. The van der Waals surface area contributed by atoms with Crippen molar-refractivity contribution in [2.75, 3.05) is 36.4 Å². The van der Waals surface area contributed by atoms with Gasteiger partial charge in [0, 0.05) is 44.1 Å². The normalized spacial score (nSPS) is 13.6. The van der Waals surface area contributed by atoms with E-state index in [2.05, 4.69) is 10.2 Å². The third-order valence-electron chi connectivity index (χ3n) is 6.35. The smallest absolute Gasteiger partial charge is 0.344 e. The Balaban J connectivity index is 1.41. The van der Waals surface area contributed by atoms with E-state index in [0.29, 0.717) is 59.2 Å². The molecule has 1 aliphatic heterocycles. The van der Waals surface area contributed by atoms with E-state index in [9.17, 15) is 14.4 Å². The number of anilines is 2. The first kappa shape index (κ1) is 23.6. The maximum Gasteiger partial charge on any atom is 0.344 e. The van der Waals surface area contributed by atoms with Crippen LogP contribution in [-0.2, 0) is 4.79 Å². The van der Waals surface area contributed by atoms with Gasteiger partial charge < -0.3 is 19.5 Å². The molecule has 7 nitrogen and oxygen atoms in total. The van der Waals surface area contributed by atoms with Crippen LogP contribution in [-0.4, -0.2) is 42.9 Å². The highest BCUT2D eigenvalue weighted by molar-refractivity contribution is 6.34. The highest BCUT2D eigenvalue weighted by Gasteiger charge is 2.23. The molecular formula is C28H24ClN3O4. The van der Waals surface area contributed by atoms with Gasteiger partial charge in [-0.25, -0.2) is 4.79 Å². The van der Waals surface area contributed by atoms with Crippen molar-refractivity contribution >= 4 is 45.8 Å². The number of nitrogens with zero attached hydrogens (tertiary/aromatic N) is 2. The topological polar surface area (TPSA) is 82.9 Å². The molecule has 0 radical (unpaired) electrons. The lowest BCUT2D eigenvalue weighted by Crippen LogP contribution is -2.48. The van der Waals surface area contributed by atoms with Gasteiger partial charge in [-0.1, -0.05) is 48.0 Å². The first-order valence-corrected chi connectivity index (χ1v) is 12.0. The van der Waals surface area contributed by atoms with E-state index in [0.717, 1.165) is 11.1 Å². The largest absolute Gasteiger partial charge is 0.422 e. The second kappa shape index (κ2) is 9.87. The van der Waals surface area contributed by atoms with E-state index in [4.69, 9.17) is 16.0 Å². The Morgan fingerprint density at radius 2 is 1.67 bits per heavy atom. The number of rotatable bonds is 4. The lowest BCUT2D eigenvalue weighted by Gasteiger charge is -2.37. The molecule has 8 heteroatoms. The zero-order chi connectivity index (χ0) is 25.2. The number of amides is 2. The van der Waals surface area contributed by atoms with E-state index in [1.807, 2.05) is 18.2 Å². The zero-order valence-corrected chi connectivity index (χ0v) is 20.4. The van der Waals surface area contributed by atoms with Crippen LogP contribution in [0, 0.1) is 0 Å². The number of para-hydroxylation sites is 2. The highest BCUT2D eigenvalue weighted by atomic mass is 35.5. The molecule has 2 amide bonds. The average Bonchev–Trinajstić information content (AvgIpc) is 2.88. The SMILES string of the molecule is CC(=O)N1CCN(c2c(Cl)cccc2NC(=O)c2cccc(-c3cc4ccccc4oc3=O)c2)CC1. The van der Waals surface area contributed by atoms with Crippen molar-refractivity contribution in [3.05, 3.63) is 93.8 Å². The third kappa shape index (κ3) is 4.70. The summed E-state index contributed by atoms with van der Waals surface area (Å²) in [6.07, 6.45) is 0. The van der Waals surface area contributed by atoms with Crippen LogP contribution in [0.5, 0.6) is 0 Å². The fourth-order valence-electron chi connectivity index (χ4n) is 4.47. The lowest BCUT2D eigenvalue weighted by molar-refractivity contribution is -0.129. The Morgan fingerprint density at radius 3 is 2.44 bits per heavy atom. The number of fused-ring (bicyclic) bond motifs is 1. The summed E-state index contributed by atoms with van der Waals surface area (Å²) in [4.78, 5) is 41.4. The molecule has 36 heavy (non-hydrogen) atoms. The van der Waals surface area contributed by atoms with Gasteiger partial charge in [-0.2, -0.15) is 0 Å². The number of hydrogen-bond donors (Lipinski definition) is 1. The zero-order valence-electron chi connectivity index (χ0n) is 19.7. The van der Waals surface area contributed by atoms with Crippen molar-refractivity contribution in [2.45, 2.75) is 6.92 Å². The van der Waals surface area contributed by atoms with Crippen LogP contribution in [0.15, 0.2) is 82.0 Å². The van der Waals surface area contributed by atoms with Gasteiger partial charge in [0.15, 0.2) is 0 Å². The molecule has 1 fully saturated rings. The summed E-state index contributed by atoms with van der Waals surface area (Å²) in [5.74, 6) is -0.282. The molecule has 1 N–H and O–H groups in total. The summed E-state index contributed by atoms with van der Waals surface area (Å²) in [7, 11) is 0. The first-order valence-electron chi connectivity index (χ1n) is 11.6. The quantitative estimate of drug-likeness (QED) is 0.396. The molecule has 0 saturated carbocycles. The maximum absolute atomic E-state index is 13.3. The van der Waals surface area contributed by atoms with Gasteiger partial charge in [0.2, 0.25) is 5.91 Å². The van der Waals surface area contributed by atoms with E-state index < -0.39 is 5.63 Å². The fourth-order valence-corrected chi connectivity index (χ4v) is 4.76. The predicted molar refractivity (Wildman–Crippen MR) is 142 cm³/mol. The Labute approximate surface area is 212 Å². The Morgan fingerprint density at radius 1 is 0.917 bits per heavy atom. The number of halogens is 1. The molecule has 0 bridgehead atoms. The fraction of sp³-hybridized carbons (Fsp3) is 0.179. The monoisotopic (exact) mass is 501 g/mol. The van der Waals surface area contributed by atoms with Gasteiger partial charge in [-0.3, -0.25) is 9.59 Å². The van der Waals surface area contributed by atoms with Crippen LogP contribution in [0.25, 0.3) is 22.1 Å². The van der Waals surface area contributed by atoms with Gasteiger partial charge in [0.05, 0.1) is 22.0 Å². The average molecular weight is 502 g/mol. The van der Waals surface area contributed by atoms with Crippen LogP contribution in [0.4, 0.5) is 11.4 Å². The van der Waals surface area contributed by atoms with E-state index in [1.165, 1.54) is 0 Å². The van der Waals surface area contributed by atoms with Crippen LogP contribution < -0.4 is 15.8 Å². The summed E-state index contributed by atoms with van der Waals surface area (Å²) >= 11 is 6.54. The molecule has 1 aromatic heterocycles. The molecule has 0 spiro atoms. The molecule has 182 valence electrons. The van der Waals surface area contributed by atoms with Gasteiger partial charge in [-0.15, -0.1) is 0 Å². The molecule has 0 atom stereocenters. The number of benzene rings is 3. The number of carbonyl (C=O) groups excluding carboxylic acids is 2. The first-order chi connectivity index (χ1) is 17.4. The molecule has 3 aromatic carbocycles. The van der Waals surface area contributed by atoms with Crippen molar-refractivity contribution < 1.29 is 14.0 Å². The summed E-state index contributed by atoms with van der Waals surface area (Å²) in [5.41, 5.74) is 2.73. The second-order valence-electron chi connectivity index (χ2n) is 8.65. The number of piperazine rings is 1. The summed E-state index contributed by atoms with van der Waals surface area (Å²) in [5, 5.41) is 4.30. The van der Waals surface area contributed by atoms with E-state index in [1.54, 1.807) is 66.4 Å². The predicted octanol–water partition coefficient (Wildman–Crippen LogP) is 5.03. The Kier molecular flexibility index (Phi) is 6.48. The van der Waals surface area contributed by atoms with Gasteiger partial charge >= 0.3 is 5.63 Å². The van der Waals surface area contributed by atoms with Crippen LogP contribution in [0.3, 0.4) is 0 Å². The number of hydrogen-bond acceptors (Lipinski definition) is 5. The van der Waals surface area contributed by atoms with Gasteiger partial charge in [0.1, 0.15) is 5.58 Å². The maximum atomic E-state index is 13.3. The Hall–Kier alpha value is -4.10. The molecule has 2 heterocycles. The minimum atomic E-state index is -0.465. The summed E-state index contributed by atoms with van der Waals surface area (Å²) in [6, 6.07) is 21.3. The van der Waals surface area contributed by atoms with E-state index >= 15 is 0 Å².